The van der Waals surface area contributed by atoms with Gasteiger partial charge in [0, 0.05) is 24.1 Å². The van der Waals surface area contributed by atoms with Crippen molar-refractivity contribution in [3.05, 3.63) is 0 Å². The van der Waals surface area contributed by atoms with Crippen LogP contribution in [0.4, 0.5) is 0 Å². The second kappa shape index (κ2) is 5.94. The molecule has 0 radical (unpaired) electrons. The lowest BCUT2D eigenvalue weighted by Gasteiger charge is -2.24. The minimum Gasteiger partial charge on any atom is -0.316 e. The Hall–Kier alpha value is 0.270. The summed E-state index contributed by atoms with van der Waals surface area (Å²) in [6, 6.07) is 0.765. The van der Waals surface area contributed by atoms with Crippen molar-refractivity contribution >= 4 is 11.8 Å². The molecule has 1 heterocycles. The normalized spacial score (nSPS) is 29.8. The molecule has 0 spiro atoms. The molecule has 1 saturated heterocycles. The summed E-state index contributed by atoms with van der Waals surface area (Å²) in [5, 5.41) is 7.34. The molecule has 3 heteroatoms. The van der Waals surface area contributed by atoms with Crippen molar-refractivity contribution in [2.45, 2.75) is 38.1 Å². The Balaban J connectivity index is 1.28. The van der Waals surface area contributed by atoms with Crippen molar-refractivity contribution in [2.24, 2.45) is 17.8 Å². The van der Waals surface area contributed by atoms with Crippen LogP contribution in [0.15, 0.2) is 0 Å². The maximum Gasteiger partial charge on any atom is 0.0170 e. The van der Waals surface area contributed by atoms with Gasteiger partial charge < -0.3 is 10.6 Å². The van der Waals surface area contributed by atoms with Gasteiger partial charge in [-0.15, -0.1) is 0 Å². The minimum absolute atomic E-state index is 0.765. The lowest BCUT2D eigenvalue weighted by Crippen LogP contribution is -2.40. The van der Waals surface area contributed by atoms with Gasteiger partial charge in [0.05, 0.1) is 0 Å². The Morgan fingerprint density at radius 1 is 1.18 bits per heavy atom. The number of hydrogen-bond acceptors (Lipinski definition) is 3. The van der Waals surface area contributed by atoms with Gasteiger partial charge >= 0.3 is 0 Å². The van der Waals surface area contributed by atoms with Crippen LogP contribution < -0.4 is 10.6 Å². The molecule has 1 atom stereocenters. The smallest absolute Gasteiger partial charge is 0.0170 e. The highest BCUT2D eigenvalue weighted by Gasteiger charge is 2.40. The molecule has 2 N–H and O–H groups in total. The van der Waals surface area contributed by atoms with Crippen molar-refractivity contribution in [1.29, 1.82) is 0 Å². The molecule has 0 aromatic carbocycles. The summed E-state index contributed by atoms with van der Waals surface area (Å²) in [6.07, 6.45) is 7.38. The third-order valence-corrected chi connectivity index (χ3v) is 5.63. The van der Waals surface area contributed by atoms with E-state index in [2.05, 4.69) is 22.4 Å². The van der Waals surface area contributed by atoms with E-state index in [4.69, 9.17) is 0 Å². The molecule has 2 saturated carbocycles. The summed E-state index contributed by atoms with van der Waals surface area (Å²) in [5.41, 5.74) is 0. The van der Waals surface area contributed by atoms with E-state index in [0.717, 1.165) is 23.8 Å². The Kier molecular flexibility index (Phi) is 4.30. The highest BCUT2D eigenvalue weighted by atomic mass is 32.2. The van der Waals surface area contributed by atoms with E-state index in [-0.39, 0.29) is 0 Å². The molecule has 2 nitrogen and oxygen atoms in total. The monoisotopic (exact) mass is 254 g/mol. The zero-order chi connectivity index (χ0) is 11.5. The largest absolute Gasteiger partial charge is 0.316 e. The van der Waals surface area contributed by atoms with Gasteiger partial charge in [-0.2, -0.15) is 11.8 Å². The van der Waals surface area contributed by atoms with E-state index >= 15 is 0 Å². The van der Waals surface area contributed by atoms with Gasteiger partial charge in [0.2, 0.25) is 0 Å². The van der Waals surface area contributed by atoms with E-state index in [1.807, 2.05) is 0 Å². The average Bonchev–Trinajstić information content (AvgIpc) is 3.24. The van der Waals surface area contributed by atoms with Crippen LogP contribution in [0.3, 0.4) is 0 Å². The highest BCUT2D eigenvalue weighted by Crippen LogP contribution is 2.48. The van der Waals surface area contributed by atoms with Crippen LogP contribution >= 0.6 is 11.8 Å². The second-order valence-corrected chi connectivity index (χ2v) is 7.21. The molecule has 1 aliphatic heterocycles. The molecule has 3 rings (SSSR count). The summed E-state index contributed by atoms with van der Waals surface area (Å²) in [7, 11) is 0. The highest BCUT2D eigenvalue weighted by molar-refractivity contribution is 7.99. The maximum atomic E-state index is 3.73. The first kappa shape index (κ1) is 12.3. The van der Waals surface area contributed by atoms with Gasteiger partial charge in [-0.25, -0.2) is 0 Å². The fourth-order valence-electron chi connectivity index (χ4n) is 3.12. The minimum atomic E-state index is 0.765. The molecule has 1 unspecified atom stereocenters. The lowest BCUT2D eigenvalue weighted by atomic mass is 9.98. The van der Waals surface area contributed by atoms with Crippen LogP contribution in [0.1, 0.15) is 32.1 Å². The molecule has 0 bridgehead atoms. The standard InChI is InChI=1S/C14H26N2S/c1-2-11(1)14(12-3-4-12)9-15-6-5-13-10-17-8-7-16-13/h11-16H,1-10H2. The molecular weight excluding hydrogens is 228 g/mol. The topological polar surface area (TPSA) is 24.1 Å². The summed E-state index contributed by atoms with van der Waals surface area (Å²) in [6.45, 7) is 3.73. The molecule has 3 aliphatic rings. The number of nitrogens with one attached hydrogen (secondary N) is 2. The lowest BCUT2D eigenvalue weighted by molar-refractivity contribution is 0.372. The first-order valence-corrected chi connectivity index (χ1v) is 8.61. The molecular formula is C14H26N2S. The van der Waals surface area contributed by atoms with E-state index in [1.54, 1.807) is 0 Å². The number of rotatable bonds is 7. The van der Waals surface area contributed by atoms with Gasteiger partial charge in [0.15, 0.2) is 0 Å². The van der Waals surface area contributed by atoms with Gasteiger partial charge in [0.1, 0.15) is 0 Å². The van der Waals surface area contributed by atoms with Crippen molar-refractivity contribution in [3.63, 3.8) is 0 Å². The Labute approximate surface area is 110 Å². The third kappa shape index (κ3) is 3.87. The van der Waals surface area contributed by atoms with Crippen molar-refractivity contribution in [2.75, 3.05) is 31.1 Å². The van der Waals surface area contributed by atoms with Crippen LogP contribution in [-0.4, -0.2) is 37.2 Å². The van der Waals surface area contributed by atoms with E-state index in [0.29, 0.717) is 0 Å². The van der Waals surface area contributed by atoms with Gasteiger partial charge in [-0.1, -0.05) is 0 Å². The summed E-state index contributed by atoms with van der Waals surface area (Å²) in [4.78, 5) is 0. The summed E-state index contributed by atoms with van der Waals surface area (Å²) in [5.74, 6) is 5.84. The first-order valence-electron chi connectivity index (χ1n) is 7.45. The van der Waals surface area contributed by atoms with Crippen LogP contribution in [-0.2, 0) is 0 Å². The molecule has 98 valence electrons. The molecule has 3 fully saturated rings. The van der Waals surface area contributed by atoms with Crippen molar-refractivity contribution < 1.29 is 0 Å². The van der Waals surface area contributed by atoms with Crippen LogP contribution in [0.5, 0.6) is 0 Å². The summed E-state index contributed by atoms with van der Waals surface area (Å²) >= 11 is 2.11. The molecule has 0 amide bonds. The predicted molar refractivity (Wildman–Crippen MR) is 75.5 cm³/mol. The van der Waals surface area contributed by atoms with Gasteiger partial charge in [0.25, 0.3) is 0 Å². The maximum absolute atomic E-state index is 3.73. The van der Waals surface area contributed by atoms with Crippen molar-refractivity contribution in [1.82, 2.24) is 10.6 Å². The zero-order valence-electron chi connectivity index (χ0n) is 10.8. The van der Waals surface area contributed by atoms with Crippen LogP contribution in [0.2, 0.25) is 0 Å². The van der Waals surface area contributed by atoms with E-state index < -0.39 is 0 Å². The van der Waals surface area contributed by atoms with Gasteiger partial charge in [-0.05, 0) is 62.9 Å². The zero-order valence-corrected chi connectivity index (χ0v) is 11.6. The third-order valence-electron chi connectivity index (χ3n) is 4.50. The van der Waals surface area contributed by atoms with E-state index in [9.17, 15) is 0 Å². The molecule has 0 aromatic heterocycles. The molecule has 0 aromatic rings. The Bertz CT molecular complexity index is 220. The number of thioether (sulfide) groups is 1. The van der Waals surface area contributed by atoms with Gasteiger partial charge in [-0.3, -0.25) is 0 Å². The second-order valence-electron chi connectivity index (χ2n) is 6.06. The SMILES string of the molecule is C(CC1CSCCN1)NCC(C1CC1)C1CC1. The molecule has 2 aliphatic carbocycles. The number of hydrogen-bond donors (Lipinski definition) is 2. The summed E-state index contributed by atoms with van der Waals surface area (Å²) < 4.78 is 0. The average molecular weight is 254 g/mol. The molecule has 17 heavy (non-hydrogen) atoms. The van der Waals surface area contributed by atoms with E-state index in [1.165, 1.54) is 63.2 Å². The van der Waals surface area contributed by atoms with Crippen LogP contribution in [0, 0.1) is 17.8 Å². The first-order chi connectivity index (χ1) is 8.43. The fourth-order valence-corrected chi connectivity index (χ4v) is 4.12. The Morgan fingerprint density at radius 2 is 1.94 bits per heavy atom. The quantitative estimate of drug-likeness (QED) is 0.681. The fraction of sp³-hybridized carbons (Fsp3) is 1.00. The Morgan fingerprint density at radius 3 is 2.53 bits per heavy atom. The van der Waals surface area contributed by atoms with Crippen molar-refractivity contribution in [3.8, 4) is 0 Å². The predicted octanol–water partition coefficient (Wildman–Crippen LogP) is 2.11. The van der Waals surface area contributed by atoms with Crippen LogP contribution in [0.25, 0.3) is 0 Å².